The van der Waals surface area contributed by atoms with E-state index in [4.69, 9.17) is 5.32 Å². The first-order chi connectivity index (χ1) is 14.0. The molecule has 0 heterocycles. The summed E-state index contributed by atoms with van der Waals surface area (Å²) in [7, 11) is 0. The van der Waals surface area contributed by atoms with Gasteiger partial charge >= 0.3 is 21.7 Å². The molecule has 0 saturated carbocycles. The quantitative estimate of drug-likeness (QED) is 0.339. The van der Waals surface area contributed by atoms with Crippen molar-refractivity contribution < 1.29 is 46.5 Å². The van der Waals surface area contributed by atoms with E-state index in [0.717, 1.165) is 6.54 Å². The van der Waals surface area contributed by atoms with Gasteiger partial charge in [0.25, 0.3) is 0 Å². The van der Waals surface area contributed by atoms with Gasteiger partial charge in [-0.3, -0.25) is 0 Å². The van der Waals surface area contributed by atoms with E-state index >= 15 is 0 Å². The molecular formula is C28H26Cl2NTi. The molecule has 5 rings (SSSR count). The van der Waals surface area contributed by atoms with Crippen LogP contribution in [0.5, 0.6) is 0 Å². The van der Waals surface area contributed by atoms with Crippen LogP contribution < -0.4 is 24.8 Å². The molecule has 4 aromatic rings. The van der Waals surface area contributed by atoms with E-state index in [1.165, 1.54) is 44.2 Å². The maximum absolute atomic E-state index is 5.02. The summed E-state index contributed by atoms with van der Waals surface area (Å²) in [6.45, 7) is 7.27. The predicted octanol–water partition coefficient (Wildman–Crippen LogP) is 1.68. The molecule has 0 fully saturated rings. The monoisotopic (exact) mass is 494 g/mol. The number of nitrogens with zero attached hydrogens (tertiary/aromatic N) is 1. The summed E-state index contributed by atoms with van der Waals surface area (Å²) in [5, 5.41) is 7.63. The zero-order chi connectivity index (χ0) is 20.0. The largest absolute Gasteiger partial charge is 3.00 e. The van der Waals surface area contributed by atoms with Crippen molar-refractivity contribution in [2.75, 3.05) is 0 Å². The van der Waals surface area contributed by atoms with E-state index in [9.17, 15) is 0 Å². The van der Waals surface area contributed by atoms with Crippen molar-refractivity contribution in [3.05, 3.63) is 112 Å². The summed E-state index contributed by atoms with van der Waals surface area (Å²) in [5.74, 6) is 0.261. The Balaban J connectivity index is 0.00000121. The van der Waals surface area contributed by atoms with Crippen LogP contribution in [0.1, 0.15) is 48.9 Å². The van der Waals surface area contributed by atoms with E-state index in [2.05, 4.69) is 106 Å². The Kier molecular flexibility index (Phi) is 8.78. The second-order valence-electron chi connectivity index (χ2n) is 8.95. The van der Waals surface area contributed by atoms with Crippen LogP contribution in [0, 0.1) is 0 Å². The minimum atomic E-state index is -0.0558. The second-order valence-corrected chi connectivity index (χ2v) is 8.95. The predicted molar refractivity (Wildman–Crippen MR) is 124 cm³/mol. The summed E-state index contributed by atoms with van der Waals surface area (Å²) in [6.07, 6.45) is 0. The standard InChI is InChI=1S/C28H26N.2ClH.Ti/c1-28(2,3)29-18-26-20-11-5-4-10-19(20)16-17-25(26)27-23-14-8-6-12-21(23)22-13-7-9-15-24(22)27;;;/h4-17,27H,18H2,1-3H3;2*1H;/q-1;;;+3/p-2. The SMILES string of the molecule is CC(C)(C)[N-]Cc1c(C2c3ccccc3-c3ccccc32)ccc2ccccc12.[Cl-].[Cl-].[Ti+3]. The van der Waals surface area contributed by atoms with Gasteiger partial charge in [0, 0.05) is 5.92 Å². The van der Waals surface area contributed by atoms with Gasteiger partial charge in [-0.1, -0.05) is 111 Å². The van der Waals surface area contributed by atoms with Crippen molar-refractivity contribution in [1.29, 1.82) is 0 Å². The minimum absolute atomic E-state index is 0. The fourth-order valence-corrected chi connectivity index (χ4v) is 4.61. The Morgan fingerprint density at radius 3 is 1.78 bits per heavy atom. The molecule has 0 aromatic heterocycles. The molecule has 1 aliphatic rings. The van der Waals surface area contributed by atoms with Crippen molar-refractivity contribution in [1.82, 2.24) is 0 Å². The van der Waals surface area contributed by atoms with E-state index in [-0.39, 0.29) is 58.0 Å². The van der Waals surface area contributed by atoms with Crippen LogP contribution in [0.25, 0.3) is 27.2 Å². The van der Waals surface area contributed by atoms with Gasteiger partial charge in [0.1, 0.15) is 0 Å². The number of hydrogen-bond acceptors (Lipinski definition) is 0. The van der Waals surface area contributed by atoms with Crippen LogP contribution in [0.4, 0.5) is 0 Å². The maximum atomic E-state index is 5.02. The van der Waals surface area contributed by atoms with Crippen molar-refractivity contribution in [3.8, 4) is 11.1 Å². The molecule has 0 saturated heterocycles. The molecule has 0 spiro atoms. The first-order valence-corrected chi connectivity index (χ1v) is 10.4. The third-order valence-corrected chi connectivity index (χ3v) is 5.93. The Bertz CT molecular complexity index is 1170. The summed E-state index contributed by atoms with van der Waals surface area (Å²) in [6, 6.07) is 31.0. The van der Waals surface area contributed by atoms with Gasteiger partial charge in [-0.2, -0.15) is 0 Å². The fraction of sp³-hybridized carbons (Fsp3) is 0.214. The normalized spacial score (nSPS) is 12.2. The zero-order valence-corrected chi connectivity index (χ0v) is 21.6. The van der Waals surface area contributed by atoms with Crippen LogP contribution in [0.15, 0.2) is 84.9 Å². The molecule has 32 heavy (non-hydrogen) atoms. The van der Waals surface area contributed by atoms with Crippen LogP contribution in [0.2, 0.25) is 0 Å². The van der Waals surface area contributed by atoms with E-state index in [1.54, 1.807) is 0 Å². The average Bonchev–Trinajstić information content (AvgIpc) is 3.06. The Hall–Kier alpha value is -1.61. The number of halogens is 2. The Labute approximate surface area is 218 Å². The number of hydrogen-bond donors (Lipinski definition) is 0. The molecule has 0 N–H and O–H groups in total. The molecule has 0 unspecified atom stereocenters. The maximum Gasteiger partial charge on any atom is 3.00 e. The fourth-order valence-electron chi connectivity index (χ4n) is 4.61. The molecule has 1 radical (unpaired) electrons. The van der Waals surface area contributed by atoms with E-state index in [0.29, 0.717) is 0 Å². The van der Waals surface area contributed by atoms with Crippen LogP contribution in [-0.4, -0.2) is 5.54 Å². The van der Waals surface area contributed by atoms with Crippen molar-refractivity contribution in [3.63, 3.8) is 0 Å². The molecular weight excluding hydrogens is 469 g/mol. The number of benzene rings is 4. The van der Waals surface area contributed by atoms with Gasteiger partial charge in [0.05, 0.1) is 0 Å². The Morgan fingerprint density at radius 1 is 0.656 bits per heavy atom. The van der Waals surface area contributed by atoms with Crippen LogP contribution >= 0.6 is 0 Å². The third kappa shape index (κ3) is 4.83. The summed E-state index contributed by atoms with van der Waals surface area (Å²) >= 11 is 0. The van der Waals surface area contributed by atoms with Crippen molar-refractivity contribution in [2.45, 2.75) is 38.8 Å². The second kappa shape index (κ2) is 10.6. The first kappa shape index (κ1) is 26.6. The molecule has 161 valence electrons. The van der Waals surface area contributed by atoms with Gasteiger partial charge in [0.15, 0.2) is 0 Å². The Morgan fingerprint density at radius 2 is 1.19 bits per heavy atom. The molecule has 1 aliphatic carbocycles. The van der Waals surface area contributed by atoms with E-state index < -0.39 is 0 Å². The first-order valence-electron chi connectivity index (χ1n) is 10.4. The van der Waals surface area contributed by atoms with Gasteiger partial charge < -0.3 is 30.1 Å². The minimum Gasteiger partial charge on any atom is -1.00 e. The van der Waals surface area contributed by atoms with Crippen LogP contribution in [0.3, 0.4) is 0 Å². The molecule has 4 heteroatoms. The van der Waals surface area contributed by atoms with E-state index in [1.807, 2.05) is 0 Å². The van der Waals surface area contributed by atoms with Gasteiger partial charge in [-0.25, -0.2) is 0 Å². The molecule has 4 aromatic carbocycles. The average molecular weight is 495 g/mol. The smallest absolute Gasteiger partial charge is 1.00 e. The van der Waals surface area contributed by atoms with Gasteiger partial charge in [0.2, 0.25) is 0 Å². The molecule has 0 amide bonds. The number of rotatable bonds is 3. The molecule has 0 aliphatic heterocycles. The molecule has 0 atom stereocenters. The van der Waals surface area contributed by atoms with Crippen molar-refractivity contribution >= 4 is 10.8 Å². The topological polar surface area (TPSA) is 14.1 Å². The molecule has 1 nitrogen and oxygen atoms in total. The zero-order valence-electron chi connectivity index (χ0n) is 18.6. The van der Waals surface area contributed by atoms with Gasteiger partial charge in [-0.05, 0) is 38.6 Å². The summed E-state index contributed by atoms with van der Waals surface area (Å²) in [4.78, 5) is 0. The third-order valence-electron chi connectivity index (χ3n) is 5.93. The van der Waals surface area contributed by atoms with Crippen molar-refractivity contribution in [2.24, 2.45) is 0 Å². The number of fused-ring (bicyclic) bond motifs is 4. The molecule has 0 bridgehead atoms. The van der Waals surface area contributed by atoms with Gasteiger partial charge in [-0.15, -0.1) is 12.1 Å². The summed E-state index contributed by atoms with van der Waals surface area (Å²) < 4.78 is 0. The van der Waals surface area contributed by atoms with Crippen LogP contribution in [-0.2, 0) is 28.3 Å². The summed E-state index contributed by atoms with van der Waals surface area (Å²) in [5.41, 5.74) is 8.21.